The molecule has 2 aromatic carbocycles. The first kappa shape index (κ1) is 30.5. The van der Waals surface area contributed by atoms with Gasteiger partial charge in [-0.25, -0.2) is 4.79 Å². The normalized spacial score (nSPS) is 20.4. The van der Waals surface area contributed by atoms with Crippen LogP contribution in [0.3, 0.4) is 0 Å². The number of halogens is 3. The number of nitrogens with zero attached hydrogens (tertiary/aromatic N) is 2. The van der Waals surface area contributed by atoms with Gasteiger partial charge in [0.1, 0.15) is 11.4 Å². The van der Waals surface area contributed by atoms with E-state index < -0.39 is 23.8 Å². The fourth-order valence-electron chi connectivity index (χ4n) is 6.43. The summed E-state index contributed by atoms with van der Waals surface area (Å²) in [5.41, 5.74) is 3.84. The number of ether oxygens (including phenoxy) is 1. The maximum absolute atomic E-state index is 13.3. The summed E-state index contributed by atoms with van der Waals surface area (Å²) in [6, 6.07) is 11.5. The molecule has 0 unspecified atom stereocenters. The van der Waals surface area contributed by atoms with Gasteiger partial charge in [0, 0.05) is 31.6 Å². The number of para-hydroxylation sites is 2. The van der Waals surface area contributed by atoms with Crippen molar-refractivity contribution < 1.29 is 42.2 Å². The molecular formula is C31H34F3N3O6. The number of aliphatic carboxylic acids is 1. The Morgan fingerprint density at radius 1 is 0.977 bits per heavy atom. The first-order chi connectivity index (χ1) is 20.2. The summed E-state index contributed by atoms with van der Waals surface area (Å²) in [6.45, 7) is 8.75. The lowest BCUT2D eigenvalue weighted by atomic mass is 9.71. The van der Waals surface area contributed by atoms with Gasteiger partial charge in [-0.3, -0.25) is 19.3 Å². The Hall–Kier alpha value is -3.93. The molecule has 4 aliphatic heterocycles. The minimum atomic E-state index is -5.08. The fraction of sp³-hybridized carbons (Fsp3) is 0.484. The number of amides is 2. The Kier molecular flexibility index (Phi) is 8.02. The molecule has 0 aliphatic carbocycles. The van der Waals surface area contributed by atoms with Crippen LogP contribution in [0.25, 0.3) is 0 Å². The van der Waals surface area contributed by atoms with Crippen LogP contribution in [0.1, 0.15) is 71.4 Å². The number of carboxylic acid groups (broad SMARTS) is 1. The average molecular weight is 602 g/mol. The van der Waals surface area contributed by atoms with Crippen LogP contribution in [-0.2, 0) is 22.6 Å². The number of carboxylic acids is 1. The van der Waals surface area contributed by atoms with E-state index in [2.05, 4.69) is 42.3 Å². The minimum absolute atomic E-state index is 0.102. The number of alkyl halides is 3. The largest absolute Gasteiger partial charge is 0.490 e. The zero-order valence-corrected chi connectivity index (χ0v) is 24.1. The summed E-state index contributed by atoms with van der Waals surface area (Å²) in [6.07, 6.45) is 0.141. The summed E-state index contributed by atoms with van der Waals surface area (Å²) < 4.78 is 38.0. The minimum Gasteiger partial charge on any atom is -0.487 e. The molecule has 2 N–H and O–H groups in total. The van der Waals surface area contributed by atoms with Gasteiger partial charge in [-0.2, -0.15) is 13.2 Å². The Balaban J connectivity index is 0.000000472. The lowest BCUT2D eigenvalue weighted by molar-refractivity contribution is -0.192. The standard InChI is InChI=1S/C29H33N3O4.C2HF3O2/c1-28(2)17-19-5-3-6-20(25(19)36-28)18-31-13-9-29(10-14-31)11-15-32(16-12-29)27(35)22-8-4-7-21-23(22)30-26(34)24(21)33;3-2(4,5)1(6)7/h3-8H,9-18H2,1-2H3,(H,30,33,34);(H,6,7). The SMILES string of the molecule is CC1(C)Cc2cccc(CN3CCC4(CC3)CCN(C(=O)c3cccc5c3NC(=O)C5=O)CC4)c2O1.O=C(O)C(F)(F)F. The van der Waals surface area contributed by atoms with Gasteiger partial charge in [0.05, 0.1) is 16.8 Å². The van der Waals surface area contributed by atoms with Gasteiger partial charge in [-0.05, 0) is 75.7 Å². The van der Waals surface area contributed by atoms with E-state index in [4.69, 9.17) is 14.6 Å². The molecule has 2 amide bonds. The van der Waals surface area contributed by atoms with Crippen molar-refractivity contribution in [2.75, 3.05) is 31.5 Å². The van der Waals surface area contributed by atoms with Gasteiger partial charge in [0.25, 0.3) is 17.6 Å². The molecule has 43 heavy (non-hydrogen) atoms. The van der Waals surface area contributed by atoms with Crippen LogP contribution in [0.15, 0.2) is 36.4 Å². The van der Waals surface area contributed by atoms with Crippen molar-refractivity contribution in [3.63, 3.8) is 0 Å². The van der Waals surface area contributed by atoms with E-state index in [1.807, 2.05) is 4.90 Å². The maximum Gasteiger partial charge on any atom is 0.490 e. The number of likely N-dealkylation sites (tertiary alicyclic amines) is 2. The van der Waals surface area contributed by atoms with Crippen LogP contribution in [0.5, 0.6) is 5.75 Å². The van der Waals surface area contributed by atoms with Crippen LogP contribution < -0.4 is 10.1 Å². The third-order valence-corrected chi connectivity index (χ3v) is 8.82. The van der Waals surface area contributed by atoms with Crippen molar-refractivity contribution in [3.8, 4) is 5.75 Å². The number of carbonyl (C=O) groups excluding carboxylic acids is 3. The molecular weight excluding hydrogens is 567 g/mol. The molecule has 0 saturated carbocycles. The van der Waals surface area contributed by atoms with Crippen molar-refractivity contribution in [3.05, 3.63) is 58.7 Å². The van der Waals surface area contributed by atoms with Crippen LogP contribution in [0.4, 0.5) is 18.9 Å². The summed E-state index contributed by atoms with van der Waals surface area (Å²) in [5, 5.41) is 9.71. The number of piperidine rings is 2. The zero-order chi connectivity index (χ0) is 31.2. The maximum atomic E-state index is 13.3. The van der Waals surface area contributed by atoms with E-state index in [0.29, 0.717) is 29.9 Å². The molecule has 6 rings (SSSR count). The Morgan fingerprint density at radius 2 is 1.58 bits per heavy atom. The van der Waals surface area contributed by atoms with E-state index >= 15 is 0 Å². The van der Waals surface area contributed by atoms with Gasteiger partial charge in [-0.15, -0.1) is 0 Å². The number of hydrogen-bond acceptors (Lipinski definition) is 6. The molecule has 1 spiro atoms. The molecule has 0 aromatic heterocycles. The third-order valence-electron chi connectivity index (χ3n) is 8.82. The second kappa shape index (κ2) is 11.3. The second-order valence-corrected chi connectivity index (χ2v) is 12.3. The summed E-state index contributed by atoms with van der Waals surface area (Å²) >= 11 is 0. The predicted molar refractivity (Wildman–Crippen MR) is 150 cm³/mol. The van der Waals surface area contributed by atoms with Crippen LogP contribution in [0.2, 0.25) is 0 Å². The number of hydrogen-bond donors (Lipinski definition) is 2. The summed E-state index contributed by atoms with van der Waals surface area (Å²) in [4.78, 5) is 50.4. The van der Waals surface area contributed by atoms with E-state index in [1.165, 1.54) is 11.1 Å². The lowest BCUT2D eigenvalue weighted by Crippen LogP contribution is -2.48. The van der Waals surface area contributed by atoms with Gasteiger partial charge in [0.2, 0.25) is 0 Å². The van der Waals surface area contributed by atoms with Crippen LogP contribution in [-0.4, -0.2) is 76.4 Å². The van der Waals surface area contributed by atoms with E-state index in [1.54, 1.807) is 18.2 Å². The molecule has 0 radical (unpaired) electrons. The van der Waals surface area contributed by atoms with E-state index in [0.717, 1.165) is 57.5 Å². The molecule has 4 heterocycles. The van der Waals surface area contributed by atoms with Crippen molar-refractivity contribution >= 4 is 29.3 Å². The molecule has 2 saturated heterocycles. The van der Waals surface area contributed by atoms with Gasteiger partial charge in [0.15, 0.2) is 0 Å². The molecule has 4 aliphatic rings. The topological polar surface area (TPSA) is 116 Å². The number of rotatable bonds is 3. The number of nitrogens with one attached hydrogen (secondary N) is 1. The number of Topliss-reactive ketones (excluding diaryl/α,β-unsaturated/α-hetero) is 1. The quantitative estimate of drug-likeness (QED) is 0.491. The highest BCUT2D eigenvalue weighted by Gasteiger charge is 2.41. The average Bonchev–Trinajstić information content (AvgIpc) is 3.44. The number of anilines is 1. The number of benzene rings is 2. The van der Waals surface area contributed by atoms with Gasteiger partial charge in [-0.1, -0.05) is 24.3 Å². The molecule has 0 atom stereocenters. The first-order valence-electron chi connectivity index (χ1n) is 14.3. The van der Waals surface area contributed by atoms with Crippen molar-refractivity contribution in [2.45, 2.75) is 64.3 Å². The first-order valence-corrected chi connectivity index (χ1v) is 14.3. The highest BCUT2D eigenvalue weighted by atomic mass is 19.4. The molecule has 0 bridgehead atoms. The number of carbonyl (C=O) groups is 4. The van der Waals surface area contributed by atoms with Gasteiger partial charge < -0.3 is 20.1 Å². The second-order valence-electron chi connectivity index (χ2n) is 12.3. The van der Waals surface area contributed by atoms with Crippen molar-refractivity contribution in [1.82, 2.24) is 9.80 Å². The highest BCUT2D eigenvalue weighted by molar-refractivity contribution is 6.52. The number of fused-ring (bicyclic) bond motifs is 2. The summed E-state index contributed by atoms with van der Waals surface area (Å²) in [5.74, 6) is -3.01. The Morgan fingerprint density at radius 3 is 2.21 bits per heavy atom. The zero-order valence-electron chi connectivity index (χ0n) is 24.1. The Bertz CT molecular complexity index is 1450. The van der Waals surface area contributed by atoms with E-state index in [9.17, 15) is 27.6 Å². The van der Waals surface area contributed by atoms with Crippen LogP contribution >= 0.6 is 0 Å². The molecule has 2 aromatic rings. The van der Waals surface area contributed by atoms with Gasteiger partial charge >= 0.3 is 12.1 Å². The van der Waals surface area contributed by atoms with E-state index in [-0.39, 0.29) is 16.9 Å². The molecule has 230 valence electrons. The monoisotopic (exact) mass is 601 g/mol. The van der Waals surface area contributed by atoms with Crippen molar-refractivity contribution in [1.29, 1.82) is 0 Å². The lowest BCUT2D eigenvalue weighted by Gasteiger charge is -2.47. The van der Waals surface area contributed by atoms with Crippen LogP contribution in [0, 0.1) is 5.41 Å². The predicted octanol–water partition coefficient (Wildman–Crippen LogP) is 4.69. The Labute approximate surface area is 247 Å². The van der Waals surface area contributed by atoms with Crippen molar-refractivity contribution in [2.24, 2.45) is 5.41 Å². The molecule has 12 heteroatoms. The highest BCUT2D eigenvalue weighted by Crippen LogP contribution is 2.43. The summed E-state index contributed by atoms with van der Waals surface area (Å²) in [7, 11) is 0. The molecule has 9 nitrogen and oxygen atoms in total. The third kappa shape index (κ3) is 6.39. The smallest absolute Gasteiger partial charge is 0.487 e. The fourth-order valence-corrected chi connectivity index (χ4v) is 6.43. The molecule has 2 fully saturated rings. The number of ketones is 1.